The number of hydrogen-bond acceptors (Lipinski definition) is 13. The van der Waals surface area contributed by atoms with E-state index in [0.717, 1.165) is 38.5 Å². The maximum absolute atomic E-state index is 13.2. The van der Waals surface area contributed by atoms with Gasteiger partial charge in [-0.3, -0.25) is 4.79 Å². The number of aliphatic hydroxyl groups excluding tert-OH is 8. The van der Waals surface area contributed by atoms with Crippen molar-refractivity contribution in [1.29, 1.82) is 0 Å². The molecule has 2 rings (SSSR count). The minimum atomic E-state index is -1.78. The van der Waals surface area contributed by atoms with Crippen LogP contribution in [-0.4, -0.2) is 140 Å². The highest BCUT2D eigenvalue weighted by Crippen LogP contribution is 2.30. The molecule has 0 aromatic rings. The van der Waals surface area contributed by atoms with Crippen molar-refractivity contribution in [3.8, 4) is 0 Å². The highest BCUT2D eigenvalue weighted by molar-refractivity contribution is 5.76. The molecule has 2 aliphatic heterocycles. The van der Waals surface area contributed by atoms with Gasteiger partial charge in [-0.1, -0.05) is 264 Å². The molecule has 14 nitrogen and oxygen atoms in total. The number of ether oxygens (including phenoxy) is 4. The molecule has 14 heteroatoms. The van der Waals surface area contributed by atoms with Gasteiger partial charge in [0.1, 0.15) is 48.8 Å². The zero-order chi connectivity index (χ0) is 54.6. The van der Waals surface area contributed by atoms with Crippen LogP contribution in [0.5, 0.6) is 0 Å². The van der Waals surface area contributed by atoms with Gasteiger partial charge in [-0.25, -0.2) is 0 Å². The molecule has 0 saturated carbocycles. The van der Waals surface area contributed by atoms with Crippen molar-refractivity contribution < 1.29 is 64.6 Å². The number of allylic oxidation sites excluding steroid dienone is 1. The Kier molecular flexibility index (Phi) is 44.3. The summed E-state index contributed by atoms with van der Waals surface area (Å²) in [5, 5.41) is 87.0. The third kappa shape index (κ3) is 33.2. The van der Waals surface area contributed by atoms with Crippen molar-refractivity contribution in [2.45, 2.75) is 351 Å². The van der Waals surface area contributed by atoms with Crippen molar-refractivity contribution in [2.24, 2.45) is 0 Å². The molecule has 0 aliphatic carbocycles. The van der Waals surface area contributed by atoms with E-state index in [4.69, 9.17) is 18.9 Å². The van der Waals surface area contributed by atoms with Crippen LogP contribution < -0.4 is 5.32 Å². The lowest BCUT2D eigenvalue weighted by Gasteiger charge is -2.46. The monoisotopic (exact) mass is 1070 g/mol. The van der Waals surface area contributed by atoms with Crippen LogP contribution in [0.15, 0.2) is 12.2 Å². The van der Waals surface area contributed by atoms with E-state index in [2.05, 4.69) is 19.2 Å². The summed E-state index contributed by atoms with van der Waals surface area (Å²) < 4.78 is 22.8. The van der Waals surface area contributed by atoms with Crippen molar-refractivity contribution in [3.63, 3.8) is 0 Å². The molecule has 2 fully saturated rings. The van der Waals surface area contributed by atoms with E-state index in [0.29, 0.717) is 6.42 Å². The first-order chi connectivity index (χ1) is 36.6. The summed E-state index contributed by atoms with van der Waals surface area (Å²) in [6, 6.07) is -0.909. The molecule has 0 aromatic carbocycles. The van der Waals surface area contributed by atoms with Crippen LogP contribution >= 0.6 is 0 Å². The van der Waals surface area contributed by atoms with Crippen LogP contribution in [0.3, 0.4) is 0 Å². The Hall–Kier alpha value is -1.27. The second kappa shape index (κ2) is 47.5. The van der Waals surface area contributed by atoms with E-state index in [-0.39, 0.29) is 18.9 Å². The van der Waals surface area contributed by atoms with Gasteiger partial charge in [-0.05, 0) is 19.3 Å². The molecule has 0 bridgehead atoms. The minimum absolute atomic E-state index is 0.234. The highest BCUT2D eigenvalue weighted by atomic mass is 16.7. The van der Waals surface area contributed by atoms with Crippen LogP contribution in [0.25, 0.3) is 0 Å². The van der Waals surface area contributed by atoms with Gasteiger partial charge in [0.15, 0.2) is 12.6 Å². The summed E-state index contributed by atoms with van der Waals surface area (Å²) >= 11 is 0. The zero-order valence-corrected chi connectivity index (χ0v) is 47.8. The fourth-order valence-corrected chi connectivity index (χ4v) is 10.6. The van der Waals surface area contributed by atoms with Crippen molar-refractivity contribution in [3.05, 3.63) is 12.2 Å². The molecule has 0 radical (unpaired) electrons. The maximum Gasteiger partial charge on any atom is 0.220 e. The molecule has 0 aromatic heterocycles. The number of hydrogen-bond donors (Lipinski definition) is 9. The summed E-state index contributed by atoms with van der Waals surface area (Å²) in [4.78, 5) is 13.2. The predicted octanol–water partition coefficient (Wildman–Crippen LogP) is 11.1. The van der Waals surface area contributed by atoms with Crippen molar-refractivity contribution in [1.82, 2.24) is 5.32 Å². The predicted molar refractivity (Wildman–Crippen MR) is 300 cm³/mol. The second-order valence-electron chi connectivity index (χ2n) is 22.6. The largest absolute Gasteiger partial charge is 0.394 e. The Morgan fingerprint density at radius 2 is 0.827 bits per heavy atom. The maximum atomic E-state index is 13.2. The van der Waals surface area contributed by atoms with Crippen LogP contribution in [-0.2, 0) is 23.7 Å². The molecule has 2 heterocycles. The number of carbonyl (C=O) groups is 1. The molecule has 0 spiro atoms. The minimum Gasteiger partial charge on any atom is -0.394 e. The van der Waals surface area contributed by atoms with E-state index < -0.39 is 86.8 Å². The Labute approximate surface area is 456 Å². The molecular formula is C61H117NO13. The van der Waals surface area contributed by atoms with Gasteiger partial charge in [-0.15, -0.1) is 0 Å². The first-order valence-corrected chi connectivity index (χ1v) is 31.4. The Bertz CT molecular complexity index is 1310. The Balaban J connectivity index is 1.65. The number of carbonyl (C=O) groups excluding carboxylic acids is 1. The summed E-state index contributed by atoms with van der Waals surface area (Å²) in [5.41, 5.74) is 0. The van der Waals surface area contributed by atoms with E-state index in [9.17, 15) is 45.6 Å². The average Bonchev–Trinajstić information content (AvgIpc) is 3.41. The van der Waals surface area contributed by atoms with Gasteiger partial charge in [0.05, 0.1) is 32.0 Å². The van der Waals surface area contributed by atoms with Crippen LogP contribution in [0.4, 0.5) is 0 Å². The number of nitrogens with one attached hydrogen (secondary N) is 1. The number of rotatable bonds is 51. The van der Waals surface area contributed by atoms with Gasteiger partial charge >= 0.3 is 0 Å². The van der Waals surface area contributed by atoms with Gasteiger partial charge in [0, 0.05) is 6.42 Å². The fourth-order valence-electron chi connectivity index (χ4n) is 10.6. The van der Waals surface area contributed by atoms with E-state index in [1.807, 2.05) is 6.08 Å². The SMILES string of the molecule is CCCCCCCCCCCC/C=C/C(O)C(COC1OC(CO)C(OC2OC(CO)C(O)C(O)C2O)C(O)C1O)NC(=O)CCCCCCCCCCCCCCCCCCCCCCCCCCCCCCC. The van der Waals surface area contributed by atoms with Crippen LogP contribution in [0.1, 0.15) is 277 Å². The summed E-state index contributed by atoms with van der Waals surface area (Å²) in [6.45, 7) is 2.82. The Morgan fingerprint density at radius 1 is 0.467 bits per heavy atom. The third-order valence-electron chi connectivity index (χ3n) is 15.7. The fraction of sp³-hybridized carbons (Fsp3) is 0.951. The van der Waals surface area contributed by atoms with Gasteiger partial charge in [0.25, 0.3) is 0 Å². The lowest BCUT2D eigenvalue weighted by Crippen LogP contribution is -2.65. The van der Waals surface area contributed by atoms with E-state index in [1.54, 1.807) is 6.08 Å². The van der Waals surface area contributed by atoms with Gasteiger partial charge in [0.2, 0.25) is 5.91 Å². The van der Waals surface area contributed by atoms with Gasteiger partial charge in [-0.2, -0.15) is 0 Å². The first kappa shape index (κ1) is 69.8. The summed E-state index contributed by atoms with van der Waals surface area (Å²) in [6.07, 6.45) is 38.5. The third-order valence-corrected chi connectivity index (χ3v) is 15.7. The average molecular weight is 1070 g/mol. The standard InChI is InChI=1S/C61H117NO13/c1-3-5-7-9-11-13-15-17-18-19-20-21-22-23-24-25-26-27-28-29-30-31-32-33-35-37-39-41-43-45-53(66)62-49(50(65)44-42-40-38-36-34-16-14-12-10-8-6-4-2)48-72-60-58(71)56(69)59(52(47-64)74-60)75-61-57(70)55(68)54(67)51(46-63)73-61/h42,44,49-52,54-61,63-65,67-71H,3-41,43,45-48H2,1-2H3,(H,62,66)/b44-42+. The summed E-state index contributed by atoms with van der Waals surface area (Å²) in [7, 11) is 0. The zero-order valence-electron chi connectivity index (χ0n) is 47.8. The molecular weight excluding hydrogens is 955 g/mol. The molecule has 2 saturated heterocycles. The van der Waals surface area contributed by atoms with Crippen molar-refractivity contribution >= 4 is 5.91 Å². The smallest absolute Gasteiger partial charge is 0.220 e. The highest BCUT2D eigenvalue weighted by Gasteiger charge is 2.51. The second-order valence-corrected chi connectivity index (χ2v) is 22.6. The molecule has 75 heavy (non-hydrogen) atoms. The number of amides is 1. The van der Waals surface area contributed by atoms with E-state index in [1.165, 1.54) is 212 Å². The molecule has 12 unspecified atom stereocenters. The quantitative estimate of drug-likeness (QED) is 0.0204. The van der Waals surface area contributed by atoms with Crippen LogP contribution in [0, 0.1) is 0 Å². The normalized spacial score (nSPS) is 25.0. The lowest BCUT2D eigenvalue weighted by molar-refractivity contribution is -0.359. The van der Waals surface area contributed by atoms with E-state index >= 15 is 0 Å². The molecule has 9 N–H and O–H groups in total. The Morgan fingerprint density at radius 3 is 1.23 bits per heavy atom. The van der Waals surface area contributed by atoms with Crippen molar-refractivity contribution in [2.75, 3.05) is 19.8 Å². The topological polar surface area (TPSA) is 228 Å². The molecule has 12 atom stereocenters. The van der Waals surface area contributed by atoms with Crippen LogP contribution in [0.2, 0.25) is 0 Å². The molecule has 444 valence electrons. The molecule has 2 aliphatic rings. The molecule has 1 amide bonds. The first-order valence-electron chi connectivity index (χ1n) is 31.4. The number of unbranched alkanes of at least 4 members (excludes halogenated alkanes) is 38. The number of aliphatic hydroxyl groups is 8. The summed E-state index contributed by atoms with van der Waals surface area (Å²) in [5.74, 6) is -0.234. The lowest BCUT2D eigenvalue weighted by atomic mass is 9.97. The van der Waals surface area contributed by atoms with Gasteiger partial charge < -0.3 is 65.1 Å².